The van der Waals surface area contributed by atoms with Gasteiger partial charge in [0.15, 0.2) is 6.61 Å². The highest BCUT2D eigenvalue weighted by Crippen LogP contribution is 2.27. The van der Waals surface area contributed by atoms with Crippen molar-refractivity contribution in [3.8, 4) is 5.75 Å². The number of aryl methyl sites for hydroxylation is 1. The fourth-order valence-electron chi connectivity index (χ4n) is 2.54. The first-order valence-corrected chi connectivity index (χ1v) is 8.43. The first kappa shape index (κ1) is 16.8. The van der Waals surface area contributed by atoms with E-state index in [0.29, 0.717) is 15.8 Å². The summed E-state index contributed by atoms with van der Waals surface area (Å²) in [5, 5.41) is 0.893. The minimum absolute atomic E-state index is 0.127. The van der Waals surface area contributed by atoms with E-state index in [4.69, 9.17) is 27.9 Å². The second-order valence-corrected chi connectivity index (χ2v) is 6.20. The van der Waals surface area contributed by atoms with Gasteiger partial charge < -0.3 is 4.74 Å². The quantitative estimate of drug-likeness (QED) is 0.640. The lowest BCUT2D eigenvalue weighted by atomic mass is 10.3. The maximum atomic E-state index is 12.7. The second-order valence-electron chi connectivity index (χ2n) is 5.36. The van der Waals surface area contributed by atoms with Crippen molar-refractivity contribution >= 4 is 40.1 Å². The number of hydrogen-bond acceptors (Lipinski definition) is 3. The van der Waals surface area contributed by atoms with Gasteiger partial charge in [0, 0.05) is 11.4 Å². The Morgan fingerprint density at radius 3 is 2.75 bits per heavy atom. The first-order chi connectivity index (χ1) is 11.6. The van der Waals surface area contributed by atoms with Crippen molar-refractivity contribution < 1.29 is 9.53 Å². The molecule has 124 valence electrons. The lowest BCUT2D eigenvalue weighted by Gasteiger charge is -2.10. The number of rotatable bonds is 5. The highest BCUT2D eigenvalue weighted by Gasteiger charge is 2.17. The summed E-state index contributed by atoms with van der Waals surface area (Å²) in [7, 11) is 0. The van der Waals surface area contributed by atoms with Crippen molar-refractivity contribution in [3.05, 3.63) is 58.3 Å². The molecule has 0 spiro atoms. The summed E-state index contributed by atoms with van der Waals surface area (Å²) in [6.45, 7) is 1.93. The number of aromatic nitrogens is 2. The number of ether oxygens (including phenoxy) is 1. The number of halogens is 2. The standard InChI is InChI=1S/C18H16Cl2N2O2/c1-2-5-17-21-14-6-3-4-7-15(14)22(17)18(23)11-24-16-9-8-12(19)10-13(16)20/h3-4,6-10H,2,5,11H2,1H3. The van der Waals surface area contributed by atoms with Crippen LogP contribution in [0.4, 0.5) is 0 Å². The van der Waals surface area contributed by atoms with Crippen LogP contribution in [-0.2, 0) is 6.42 Å². The molecule has 0 saturated carbocycles. The van der Waals surface area contributed by atoms with Gasteiger partial charge in [-0.25, -0.2) is 4.98 Å². The molecule has 0 atom stereocenters. The summed E-state index contributed by atoms with van der Waals surface area (Å²) in [5.41, 5.74) is 1.59. The molecule has 0 aliphatic heterocycles. The van der Waals surface area contributed by atoms with E-state index in [1.54, 1.807) is 22.8 Å². The monoisotopic (exact) mass is 362 g/mol. The van der Waals surface area contributed by atoms with Crippen molar-refractivity contribution in [2.45, 2.75) is 19.8 Å². The first-order valence-electron chi connectivity index (χ1n) is 7.67. The number of carbonyl (C=O) groups is 1. The van der Waals surface area contributed by atoms with E-state index in [2.05, 4.69) is 11.9 Å². The third-order valence-corrected chi connectivity index (χ3v) is 4.13. The fourth-order valence-corrected chi connectivity index (χ4v) is 3.00. The summed E-state index contributed by atoms with van der Waals surface area (Å²) in [6, 6.07) is 12.5. The molecule has 0 fully saturated rings. The van der Waals surface area contributed by atoms with Gasteiger partial charge in [-0.2, -0.15) is 0 Å². The SMILES string of the molecule is CCCc1nc2ccccc2n1C(=O)COc1ccc(Cl)cc1Cl. The van der Waals surface area contributed by atoms with E-state index in [0.717, 1.165) is 29.7 Å². The van der Waals surface area contributed by atoms with Crippen LogP contribution in [0.1, 0.15) is 24.0 Å². The van der Waals surface area contributed by atoms with Crippen molar-refractivity contribution in [1.82, 2.24) is 9.55 Å². The number of benzene rings is 2. The minimum atomic E-state index is -0.182. The van der Waals surface area contributed by atoms with E-state index in [1.807, 2.05) is 24.3 Å². The largest absolute Gasteiger partial charge is 0.482 e. The van der Waals surface area contributed by atoms with E-state index < -0.39 is 0 Å². The van der Waals surface area contributed by atoms with Crippen LogP contribution in [0, 0.1) is 0 Å². The molecule has 0 N–H and O–H groups in total. The Labute approximate surface area is 150 Å². The molecule has 2 aromatic carbocycles. The molecule has 6 heteroatoms. The summed E-state index contributed by atoms with van der Waals surface area (Å²) in [5.74, 6) is 0.989. The van der Waals surface area contributed by atoms with Gasteiger partial charge in [0.2, 0.25) is 0 Å². The molecule has 0 bridgehead atoms. The Bertz CT molecular complexity index is 890. The van der Waals surface area contributed by atoms with E-state index in [9.17, 15) is 4.79 Å². The molecule has 3 rings (SSSR count). The number of carbonyl (C=O) groups excluding carboxylic acids is 1. The van der Waals surface area contributed by atoms with Gasteiger partial charge in [0.25, 0.3) is 5.91 Å². The Balaban J connectivity index is 1.86. The number of nitrogens with zero attached hydrogens (tertiary/aromatic N) is 2. The predicted molar refractivity (Wildman–Crippen MR) is 96.3 cm³/mol. The van der Waals surface area contributed by atoms with Crippen LogP contribution in [0.25, 0.3) is 11.0 Å². The van der Waals surface area contributed by atoms with E-state index in [1.165, 1.54) is 0 Å². The Morgan fingerprint density at radius 1 is 1.21 bits per heavy atom. The average molecular weight is 363 g/mol. The molecule has 0 saturated heterocycles. The molecular weight excluding hydrogens is 347 g/mol. The second kappa shape index (κ2) is 7.24. The lowest BCUT2D eigenvalue weighted by molar-refractivity contribution is 0.0839. The topological polar surface area (TPSA) is 44.1 Å². The molecule has 4 nitrogen and oxygen atoms in total. The molecule has 0 amide bonds. The number of imidazole rings is 1. The molecular formula is C18H16Cl2N2O2. The number of fused-ring (bicyclic) bond motifs is 1. The van der Waals surface area contributed by atoms with Crippen LogP contribution in [0.5, 0.6) is 5.75 Å². The van der Waals surface area contributed by atoms with Crippen molar-refractivity contribution in [2.24, 2.45) is 0 Å². The Hall–Kier alpha value is -2.04. The summed E-state index contributed by atoms with van der Waals surface area (Å²) < 4.78 is 7.20. The van der Waals surface area contributed by atoms with Gasteiger partial charge in [0.1, 0.15) is 11.6 Å². The minimum Gasteiger partial charge on any atom is -0.482 e. The predicted octanol–water partition coefficient (Wildman–Crippen LogP) is 5.01. The lowest BCUT2D eigenvalue weighted by Crippen LogP contribution is -2.21. The zero-order valence-corrected chi connectivity index (χ0v) is 14.6. The van der Waals surface area contributed by atoms with Crippen molar-refractivity contribution in [1.29, 1.82) is 0 Å². The number of hydrogen-bond donors (Lipinski definition) is 0. The summed E-state index contributed by atoms with van der Waals surface area (Å²) in [6.07, 6.45) is 1.63. The summed E-state index contributed by atoms with van der Waals surface area (Å²) in [4.78, 5) is 17.2. The van der Waals surface area contributed by atoms with Crippen LogP contribution in [0.15, 0.2) is 42.5 Å². The molecule has 3 aromatic rings. The maximum absolute atomic E-state index is 12.7. The third kappa shape index (κ3) is 3.40. The Kier molecular flexibility index (Phi) is 5.07. The van der Waals surface area contributed by atoms with Crippen LogP contribution >= 0.6 is 23.2 Å². The summed E-state index contributed by atoms with van der Waals surface area (Å²) >= 11 is 11.9. The van der Waals surface area contributed by atoms with Crippen LogP contribution < -0.4 is 4.74 Å². The van der Waals surface area contributed by atoms with E-state index >= 15 is 0 Å². The molecule has 1 heterocycles. The fraction of sp³-hybridized carbons (Fsp3) is 0.222. The molecule has 0 aliphatic rings. The van der Waals surface area contributed by atoms with Crippen LogP contribution in [-0.4, -0.2) is 22.1 Å². The number of para-hydroxylation sites is 2. The third-order valence-electron chi connectivity index (χ3n) is 3.60. The van der Waals surface area contributed by atoms with Crippen LogP contribution in [0.2, 0.25) is 10.0 Å². The van der Waals surface area contributed by atoms with E-state index in [-0.39, 0.29) is 12.5 Å². The normalized spacial score (nSPS) is 11.0. The molecule has 0 radical (unpaired) electrons. The van der Waals surface area contributed by atoms with Crippen molar-refractivity contribution in [3.63, 3.8) is 0 Å². The van der Waals surface area contributed by atoms with Gasteiger partial charge in [-0.1, -0.05) is 42.3 Å². The molecule has 0 unspecified atom stereocenters. The highest BCUT2D eigenvalue weighted by atomic mass is 35.5. The smallest absolute Gasteiger partial charge is 0.270 e. The van der Waals surface area contributed by atoms with Gasteiger partial charge in [0.05, 0.1) is 16.1 Å². The molecule has 0 aliphatic carbocycles. The molecule has 1 aromatic heterocycles. The van der Waals surface area contributed by atoms with Gasteiger partial charge in [-0.05, 0) is 36.8 Å². The highest BCUT2D eigenvalue weighted by molar-refractivity contribution is 6.35. The van der Waals surface area contributed by atoms with Gasteiger partial charge >= 0.3 is 0 Å². The maximum Gasteiger partial charge on any atom is 0.270 e. The van der Waals surface area contributed by atoms with Crippen LogP contribution in [0.3, 0.4) is 0 Å². The zero-order chi connectivity index (χ0) is 17.1. The van der Waals surface area contributed by atoms with Gasteiger partial charge in [-0.3, -0.25) is 9.36 Å². The van der Waals surface area contributed by atoms with Gasteiger partial charge in [-0.15, -0.1) is 0 Å². The molecule has 24 heavy (non-hydrogen) atoms. The Morgan fingerprint density at radius 2 is 2.00 bits per heavy atom. The zero-order valence-electron chi connectivity index (χ0n) is 13.1. The van der Waals surface area contributed by atoms with Crippen molar-refractivity contribution in [2.75, 3.05) is 6.61 Å². The average Bonchev–Trinajstić information content (AvgIpc) is 2.92.